The number of rotatable bonds is 13. The summed E-state index contributed by atoms with van der Waals surface area (Å²) in [6.07, 6.45) is 2.30. The molecule has 12 nitrogen and oxygen atoms in total. The molecule has 13 heteroatoms. The summed E-state index contributed by atoms with van der Waals surface area (Å²) in [5.41, 5.74) is 12.7. The Labute approximate surface area is 256 Å². The lowest BCUT2D eigenvalue weighted by molar-refractivity contribution is -0.142. The quantitative estimate of drug-likeness (QED) is 0.109. The molecule has 1 saturated heterocycles. The Balaban J connectivity index is 1.39. The highest BCUT2D eigenvalue weighted by Gasteiger charge is 2.41. The van der Waals surface area contributed by atoms with Gasteiger partial charge in [0, 0.05) is 37.0 Å². The van der Waals surface area contributed by atoms with Gasteiger partial charge < -0.3 is 27.2 Å². The second kappa shape index (κ2) is 14.3. The number of aliphatic carboxylic acids is 1. The minimum absolute atomic E-state index is 0.0136. The summed E-state index contributed by atoms with van der Waals surface area (Å²) in [6.45, 7) is 2.51. The van der Waals surface area contributed by atoms with Crippen molar-refractivity contribution in [2.45, 2.75) is 62.4 Å². The van der Waals surface area contributed by atoms with E-state index in [1.807, 2.05) is 19.1 Å². The number of carbonyl (C=O) groups excluding carboxylic acids is 2. The van der Waals surface area contributed by atoms with Gasteiger partial charge in [-0.15, -0.1) is 0 Å². The van der Waals surface area contributed by atoms with Gasteiger partial charge in [0.05, 0.1) is 4.90 Å². The number of nitrogens with two attached hydrogens (primary N) is 2. The third-order valence-electron chi connectivity index (χ3n) is 7.59. The summed E-state index contributed by atoms with van der Waals surface area (Å²) in [5.74, 6) is -2.06. The van der Waals surface area contributed by atoms with E-state index in [0.717, 1.165) is 10.9 Å². The van der Waals surface area contributed by atoms with Gasteiger partial charge in [-0.2, -0.15) is 4.31 Å². The van der Waals surface area contributed by atoms with Crippen molar-refractivity contribution in [3.8, 4) is 0 Å². The molecule has 0 saturated carbocycles. The van der Waals surface area contributed by atoms with Gasteiger partial charge in [-0.1, -0.05) is 42.5 Å². The molecule has 0 aromatic heterocycles. The van der Waals surface area contributed by atoms with Crippen molar-refractivity contribution in [2.75, 3.05) is 18.4 Å². The summed E-state index contributed by atoms with van der Waals surface area (Å²) in [4.78, 5) is 41.6. The fraction of sp³-hybridized carbons (Fsp3) is 0.355. The third-order valence-corrected chi connectivity index (χ3v) is 9.56. The van der Waals surface area contributed by atoms with E-state index in [-0.39, 0.29) is 36.1 Å². The molecule has 0 spiro atoms. The molecule has 0 radical (unpaired) electrons. The Morgan fingerprint density at radius 3 is 2.41 bits per heavy atom. The van der Waals surface area contributed by atoms with Crippen LogP contribution in [-0.4, -0.2) is 66.7 Å². The highest BCUT2D eigenvalue weighted by molar-refractivity contribution is 7.89. The van der Waals surface area contributed by atoms with Crippen LogP contribution >= 0.6 is 0 Å². The Morgan fingerprint density at radius 2 is 1.73 bits per heavy atom. The lowest BCUT2D eigenvalue weighted by atomic mass is 10.0. The molecule has 44 heavy (non-hydrogen) atoms. The molecule has 0 bridgehead atoms. The molecule has 3 aromatic rings. The zero-order valence-corrected chi connectivity index (χ0v) is 25.3. The van der Waals surface area contributed by atoms with Gasteiger partial charge in [0.1, 0.15) is 12.1 Å². The van der Waals surface area contributed by atoms with Crippen molar-refractivity contribution in [3.05, 3.63) is 71.8 Å². The van der Waals surface area contributed by atoms with Crippen LogP contribution in [-0.2, 0) is 30.8 Å². The van der Waals surface area contributed by atoms with Crippen molar-refractivity contribution in [1.29, 1.82) is 0 Å². The van der Waals surface area contributed by atoms with E-state index in [1.54, 1.807) is 48.5 Å². The number of sulfonamides is 1. The van der Waals surface area contributed by atoms with Crippen LogP contribution in [0.5, 0.6) is 0 Å². The lowest BCUT2D eigenvalue weighted by Crippen LogP contribution is -2.51. The number of hydrogen-bond donors (Lipinski definition) is 5. The largest absolute Gasteiger partial charge is 0.480 e. The van der Waals surface area contributed by atoms with Gasteiger partial charge in [-0.3, -0.25) is 14.6 Å². The molecule has 1 aliphatic rings. The number of anilines is 1. The summed E-state index contributed by atoms with van der Waals surface area (Å²) in [7, 11) is -4.04. The predicted octanol–water partition coefficient (Wildman–Crippen LogP) is 2.50. The summed E-state index contributed by atoms with van der Waals surface area (Å²) >= 11 is 0. The molecule has 4 rings (SSSR count). The van der Waals surface area contributed by atoms with Crippen LogP contribution < -0.4 is 22.1 Å². The molecule has 2 atom stereocenters. The fourth-order valence-corrected chi connectivity index (χ4v) is 7.17. The summed E-state index contributed by atoms with van der Waals surface area (Å²) in [6, 6.07) is 14.9. The first-order chi connectivity index (χ1) is 21.0. The average Bonchev–Trinajstić information content (AvgIpc) is 3.49. The fourth-order valence-electron chi connectivity index (χ4n) is 5.32. The molecule has 1 aliphatic heterocycles. The molecule has 7 N–H and O–H groups in total. The van der Waals surface area contributed by atoms with Crippen LogP contribution in [0.15, 0.2) is 70.6 Å². The maximum atomic E-state index is 13.8. The minimum atomic E-state index is -4.04. The molecule has 1 fully saturated rings. The van der Waals surface area contributed by atoms with Gasteiger partial charge in [0.2, 0.25) is 21.8 Å². The molecular formula is C31H38N6O6S. The molecule has 234 valence electrons. The standard InChI is InChI=1S/C31H38N6O6S/c1-20-11-16-27(24-8-3-2-7-23(20)24)44(42,43)37-18-6-9-26(37)29(39)36-25(30(40)41)19-21-12-14-22(15-13-21)35-28(38)10-4-5-17-34-31(32)33/h2-3,7-8,11-16,25-26H,4-6,9-10,17-19H2,1H3,(H,35,38)(H,36,39)(H,40,41)(H4,32,33,34)/t25-,26-/m0/s1. The number of carbonyl (C=O) groups is 3. The lowest BCUT2D eigenvalue weighted by Gasteiger charge is -2.25. The number of nitrogens with one attached hydrogen (secondary N) is 2. The molecular weight excluding hydrogens is 584 g/mol. The van der Waals surface area contributed by atoms with Crippen LogP contribution in [0.25, 0.3) is 10.8 Å². The second-order valence-electron chi connectivity index (χ2n) is 10.8. The topological polar surface area (TPSA) is 197 Å². The zero-order valence-electron chi connectivity index (χ0n) is 24.5. The Bertz CT molecular complexity index is 1650. The van der Waals surface area contributed by atoms with Gasteiger partial charge in [0.25, 0.3) is 0 Å². The van der Waals surface area contributed by atoms with E-state index < -0.39 is 34.0 Å². The van der Waals surface area contributed by atoms with Crippen LogP contribution in [0.3, 0.4) is 0 Å². The number of aliphatic imine (C=N–C) groups is 1. The average molecular weight is 623 g/mol. The monoisotopic (exact) mass is 622 g/mol. The molecule has 2 amide bonds. The van der Waals surface area contributed by atoms with Crippen molar-refractivity contribution < 1.29 is 27.9 Å². The first-order valence-corrected chi connectivity index (χ1v) is 15.9. The van der Waals surface area contributed by atoms with E-state index >= 15 is 0 Å². The molecule has 3 aromatic carbocycles. The number of amides is 2. The molecule has 0 unspecified atom stereocenters. The van der Waals surface area contributed by atoms with E-state index in [4.69, 9.17) is 11.5 Å². The second-order valence-corrected chi connectivity index (χ2v) is 12.7. The zero-order chi connectivity index (χ0) is 31.9. The van der Waals surface area contributed by atoms with Gasteiger partial charge in [0.15, 0.2) is 5.96 Å². The van der Waals surface area contributed by atoms with Crippen molar-refractivity contribution in [1.82, 2.24) is 9.62 Å². The highest BCUT2D eigenvalue weighted by Crippen LogP contribution is 2.32. The maximum absolute atomic E-state index is 13.8. The van der Waals surface area contributed by atoms with Crippen LogP contribution in [0.1, 0.15) is 43.2 Å². The predicted molar refractivity (Wildman–Crippen MR) is 168 cm³/mol. The first-order valence-electron chi connectivity index (χ1n) is 14.4. The van der Waals surface area contributed by atoms with E-state index in [0.29, 0.717) is 48.9 Å². The normalized spacial score (nSPS) is 15.9. The number of fused-ring (bicyclic) bond motifs is 1. The third kappa shape index (κ3) is 7.91. The van der Waals surface area contributed by atoms with Gasteiger partial charge in [-0.25, -0.2) is 13.2 Å². The van der Waals surface area contributed by atoms with Crippen LogP contribution in [0, 0.1) is 6.92 Å². The number of nitrogens with zero attached hydrogens (tertiary/aromatic N) is 2. The number of aryl methyl sites for hydroxylation is 1. The smallest absolute Gasteiger partial charge is 0.326 e. The SMILES string of the molecule is Cc1ccc(S(=O)(=O)N2CCC[C@H]2C(=O)N[C@@H](Cc2ccc(NC(=O)CCCCN=C(N)N)cc2)C(=O)O)c2ccccc12. The van der Waals surface area contributed by atoms with Crippen LogP contribution in [0.4, 0.5) is 5.69 Å². The number of benzene rings is 3. The Hall–Kier alpha value is -4.49. The Kier molecular flexibility index (Phi) is 10.6. The van der Waals surface area contributed by atoms with Crippen molar-refractivity contribution in [2.24, 2.45) is 16.5 Å². The maximum Gasteiger partial charge on any atom is 0.326 e. The number of guanidine groups is 1. The van der Waals surface area contributed by atoms with Crippen molar-refractivity contribution in [3.63, 3.8) is 0 Å². The minimum Gasteiger partial charge on any atom is -0.480 e. The van der Waals surface area contributed by atoms with Crippen molar-refractivity contribution >= 4 is 50.2 Å². The number of carboxylic acid groups (broad SMARTS) is 1. The van der Waals surface area contributed by atoms with E-state index in [1.165, 1.54) is 4.31 Å². The molecule has 1 heterocycles. The van der Waals surface area contributed by atoms with Gasteiger partial charge >= 0.3 is 5.97 Å². The number of carboxylic acids is 1. The number of unbranched alkanes of at least 4 members (excludes halogenated alkanes) is 1. The highest BCUT2D eigenvalue weighted by atomic mass is 32.2. The first kappa shape index (κ1) is 32.4. The van der Waals surface area contributed by atoms with Crippen LogP contribution in [0.2, 0.25) is 0 Å². The number of hydrogen-bond acceptors (Lipinski definition) is 6. The van der Waals surface area contributed by atoms with E-state index in [2.05, 4.69) is 15.6 Å². The summed E-state index contributed by atoms with van der Waals surface area (Å²) in [5, 5.41) is 16.6. The Morgan fingerprint density at radius 1 is 1.02 bits per heavy atom. The van der Waals surface area contributed by atoms with E-state index in [9.17, 15) is 27.9 Å². The molecule has 0 aliphatic carbocycles. The van der Waals surface area contributed by atoms with Gasteiger partial charge in [-0.05, 0) is 67.3 Å². The summed E-state index contributed by atoms with van der Waals surface area (Å²) < 4.78 is 28.8.